The van der Waals surface area contributed by atoms with Crippen LogP contribution in [0.15, 0.2) is 24.3 Å². The molecule has 23 heavy (non-hydrogen) atoms. The minimum atomic E-state index is -0.381. The van der Waals surface area contributed by atoms with Crippen LogP contribution in [0.3, 0.4) is 0 Å². The van der Waals surface area contributed by atoms with Gasteiger partial charge in [-0.15, -0.1) is 0 Å². The number of nitrogens with one attached hydrogen (secondary N) is 1. The van der Waals surface area contributed by atoms with Crippen LogP contribution in [0.1, 0.15) is 37.8 Å². The lowest BCUT2D eigenvalue weighted by Crippen LogP contribution is -2.46. The van der Waals surface area contributed by atoms with Gasteiger partial charge in [-0.1, -0.05) is 38.1 Å². The Balaban J connectivity index is 1.80. The van der Waals surface area contributed by atoms with Crippen LogP contribution in [-0.2, 0) is 13.1 Å². The Morgan fingerprint density at radius 3 is 2.52 bits per heavy atom. The van der Waals surface area contributed by atoms with E-state index in [9.17, 15) is 9.90 Å². The number of benzene rings is 1. The van der Waals surface area contributed by atoms with Crippen LogP contribution in [0.4, 0.5) is 4.79 Å². The van der Waals surface area contributed by atoms with Crippen LogP contribution in [0.5, 0.6) is 0 Å². The zero-order valence-electron chi connectivity index (χ0n) is 14.3. The van der Waals surface area contributed by atoms with Gasteiger partial charge in [0, 0.05) is 26.2 Å². The fourth-order valence-electron chi connectivity index (χ4n) is 2.90. The molecule has 128 valence electrons. The molecular weight excluding hydrogens is 290 g/mol. The lowest BCUT2D eigenvalue weighted by atomic mass is 10.1. The van der Waals surface area contributed by atoms with Gasteiger partial charge >= 0.3 is 6.03 Å². The minimum absolute atomic E-state index is 0.0871. The Hall–Kier alpha value is -1.59. The zero-order valence-corrected chi connectivity index (χ0v) is 14.3. The quantitative estimate of drug-likeness (QED) is 0.845. The lowest BCUT2D eigenvalue weighted by Gasteiger charge is -2.30. The van der Waals surface area contributed by atoms with Crippen molar-refractivity contribution in [3.05, 3.63) is 35.4 Å². The van der Waals surface area contributed by atoms with Gasteiger partial charge in [0.2, 0.25) is 0 Å². The van der Waals surface area contributed by atoms with Gasteiger partial charge in [-0.25, -0.2) is 4.79 Å². The molecule has 1 aromatic rings. The molecule has 2 amide bonds. The van der Waals surface area contributed by atoms with Crippen LogP contribution >= 0.6 is 0 Å². The average molecular weight is 319 g/mol. The highest BCUT2D eigenvalue weighted by Crippen LogP contribution is 2.11. The Kier molecular flexibility index (Phi) is 6.86. The van der Waals surface area contributed by atoms with E-state index >= 15 is 0 Å². The lowest BCUT2D eigenvalue weighted by molar-refractivity contribution is 0.0842. The van der Waals surface area contributed by atoms with E-state index in [1.54, 1.807) is 4.90 Å². The molecule has 1 aliphatic rings. The smallest absolute Gasteiger partial charge is 0.317 e. The van der Waals surface area contributed by atoms with E-state index in [1.165, 1.54) is 5.56 Å². The first-order valence-electron chi connectivity index (χ1n) is 8.63. The molecule has 0 bridgehead atoms. The monoisotopic (exact) mass is 319 g/mol. The van der Waals surface area contributed by atoms with Gasteiger partial charge in [0.05, 0.1) is 6.10 Å². The van der Waals surface area contributed by atoms with Crippen molar-refractivity contribution in [2.75, 3.05) is 26.2 Å². The SMILES string of the molecule is CCN(CC)Cc1ccc(CNC(=O)N2CCCC(O)C2)cc1. The van der Waals surface area contributed by atoms with Crippen molar-refractivity contribution in [1.29, 1.82) is 0 Å². The first kappa shape index (κ1) is 17.8. The van der Waals surface area contributed by atoms with Gasteiger partial charge in [-0.2, -0.15) is 0 Å². The maximum Gasteiger partial charge on any atom is 0.317 e. The van der Waals surface area contributed by atoms with Crippen molar-refractivity contribution in [2.45, 2.75) is 45.9 Å². The molecule has 1 aliphatic heterocycles. The summed E-state index contributed by atoms with van der Waals surface area (Å²) in [6.07, 6.45) is 1.28. The number of carbonyl (C=O) groups is 1. The molecule has 5 nitrogen and oxygen atoms in total. The normalized spacial score (nSPS) is 18.3. The molecule has 0 radical (unpaired) electrons. The largest absolute Gasteiger partial charge is 0.391 e. The molecule has 1 atom stereocenters. The van der Waals surface area contributed by atoms with Gasteiger partial charge in [-0.3, -0.25) is 4.90 Å². The van der Waals surface area contributed by atoms with E-state index in [0.29, 0.717) is 13.1 Å². The Bertz CT molecular complexity index is 486. The predicted octanol–water partition coefficient (Wildman–Crippen LogP) is 2.19. The molecule has 0 aromatic heterocycles. The van der Waals surface area contributed by atoms with Crippen LogP contribution in [0.2, 0.25) is 0 Å². The average Bonchev–Trinajstić information content (AvgIpc) is 2.58. The van der Waals surface area contributed by atoms with E-state index < -0.39 is 0 Å². The first-order valence-corrected chi connectivity index (χ1v) is 8.63. The van der Waals surface area contributed by atoms with Crippen molar-refractivity contribution in [3.8, 4) is 0 Å². The number of aliphatic hydroxyl groups excluding tert-OH is 1. The summed E-state index contributed by atoms with van der Waals surface area (Å²) in [6, 6.07) is 8.32. The Morgan fingerprint density at radius 1 is 1.26 bits per heavy atom. The third kappa shape index (κ3) is 5.52. The van der Waals surface area contributed by atoms with Gasteiger partial charge in [0.15, 0.2) is 0 Å². The van der Waals surface area contributed by atoms with Crippen LogP contribution in [0, 0.1) is 0 Å². The fourth-order valence-corrected chi connectivity index (χ4v) is 2.90. The second kappa shape index (κ2) is 8.89. The molecule has 0 spiro atoms. The highest BCUT2D eigenvalue weighted by atomic mass is 16.3. The first-order chi connectivity index (χ1) is 11.1. The summed E-state index contributed by atoms with van der Waals surface area (Å²) in [5.41, 5.74) is 2.39. The molecule has 1 aromatic carbocycles. The molecule has 1 unspecified atom stereocenters. The number of urea groups is 1. The van der Waals surface area contributed by atoms with E-state index in [1.807, 2.05) is 0 Å². The fraction of sp³-hybridized carbons (Fsp3) is 0.611. The predicted molar refractivity (Wildman–Crippen MR) is 92.1 cm³/mol. The highest BCUT2D eigenvalue weighted by molar-refractivity contribution is 5.74. The number of rotatable bonds is 6. The second-order valence-corrected chi connectivity index (χ2v) is 6.18. The number of nitrogens with zero attached hydrogens (tertiary/aromatic N) is 2. The summed E-state index contributed by atoms with van der Waals surface area (Å²) >= 11 is 0. The zero-order chi connectivity index (χ0) is 16.7. The van der Waals surface area contributed by atoms with Crippen molar-refractivity contribution in [2.24, 2.45) is 0 Å². The van der Waals surface area contributed by atoms with Gasteiger partial charge in [0.25, 0.3) is 0 Å². The number of amides is 2. The number of hydrogen-bond acceptors (Lipinski definition) is 3. The van der Waals surface area contributed by atoms with Gasteiger partial charge in [-0.05, 0) is 37.1 Å². The molecule has 0 saturated carbocycles. The molecule has 1 fully saturated rings. The number of hydrogen-bond donors (Lipinski definition) is 2. The summed E-state index contributed by atoms with van der Waals surface area (Å²) in [7, 11) is 0. The molecule has 5 heteroatoms. The third-order valence-electron chi connectivity index (χ3n) is 4.45. The number of carbonyl (C=O) groups excluding carboxylic acids is 1. The summed E-state index contributed by atoms with van der Waals surface area (Å²) in [4.78, 5) is 16.2. The summed E-state index contributed by atoms with van der Waals surface area (Å²) < 4.78 is 0. The van der Waals surface area contributed by atoms with E-state index in [-0.39, 0.29) is 12.1 Å². The number of piperidine rings is 1. The van der Waals surface area contributed by atoms with E-state index in [0.717, 1.165) is 44.6 Å². The maximum absolute atomic E-state index is 12.1. The van der Waals surface area contributed by atoms with E-state index in [4.69, 9.17) is 0 Å². The van der Waals surface area contributed by atoms with Crippen LogP contribution < -0.4 is 5.32 Å². The molecule has 2 rings (SSSR count). The maximum atomic E-state index is 12.1. The highest BCUT2D eigenvalue weighted by Gasteiger charge is 2.21. The van der Waals surface area contributed by atoms with E-state index in [2.05, 4.69) is 48.3 Å². The number of likely N-dealkylation sites (tertiary alicyclic amines) is 1. The van der Waals surface area contributed by atoms with Crippen LogP contribution in [0.25, 0.3) is 0 Å². The Labute approximate surface area is 139 Å². The standard InChI is InChI=1S/C18H29N3O2/c1-3-20(4-2)13-16-9-7-15(8-10-16)12-19-18(23)21-11-5-6-17(22)14-21/h7-10,17,22H,3-6,11-14H2,1-2H3,(H,19,23). The molecule has 2 N–H and O–H groups in total. The summed E-state index contributed by atoms with van der Waals surface area (Å²) in [5, 5.41) is 12.6. The molecule has 0 aliphatic carbocycles. The number of β-amino-alcohol motifs (C(OH)–C–C–N with tert-alkyl or cyclic N) is 1. The molecular formula is C18H29N3O2. The van der Waals surface area contributed by atoms with Crippen molar-refractivity contribution < 1.29 is 9.90 Å². The van der Waals surface area contributed by atoms with Crippen molar-refractivity contribution in [3.63, 3.8) is 0 Å². The molecule has 1 heterocycles. The number of aliphatic hydroxyl groups is 1. The molecule has 1 saturated heterocycles. The van der Waals surface area contributed by atoms with Gasteiger partial charge < -0.3 is 15.3 Å². The summed E-state index contributed by atoms with van der Waals surface area (Å²) in [5.74, 6) is 0. The summed E-state index contributed by atoms with van der Waals surface area (Å²) in [6.45, 7) is 9.10. The second-order valence-electron chi connectivity index (χ2n) is 6.18. The van der Waals surface area contributed by atoms with Crippen molar-refractivity contribution in [1.82, 2.24) is 15.1 Å². The van der Waals surface area contributed by atoms with Crippen LogP contribution in [-0.4, -0.2) is 53.2 Å². The van der Waals surface area contributed by atoms with Gasteiger partial charge in [0.1, 0.15) is 0 Å². The topological polar surface area (TPSA) is 55.8 Å². The third-order valence-corrected chi connectivity index (χ3v) is 4.45. The van der Waals surface area contributed by atoms with Crippen molar-refractivity contribution >= 4 is 6.03 Å². The minimum Gasteiger partial charge on any atom is -0.391 e. The Morgan fingerprint density at radius 2 is 1.91 bits per heavy atom.